The predicted octanol–water partition coefficient (Wildman–Crippen LogP) is 4.56. The molecule has 0 amide bonds. The van der Waals surface area contributed by atoms with Crippen LogP contribution in [0.4, 0.5) is 11.6 Å². The molecule has 4 nitrogen and oxygen atoms in total. The van der Waals surface area contributed by atoms with Crippen molar-refractivity contribution in [1.29, 1.82) is 0 Å². The minimum absolute atomic E-state index is 0.200. The summed E-state index contributed by atoms with van der Waals surface area (Å²) < 4.78 is 1.97. The van der Waals surface area contributed by atoms with Gasteiger partial charge in [-0.1, -0.05) is 54.9 Å². The van der Waals surface area contributed by atoms with Gasteiger partial charge in [0.05, 0.1) is 6.54 Å². The second kappa shape index (κ2) is 7.53. The first kappa shape index (κ1) is 17.2. The minimum atomic E-state index is -0.200. The lowest BCUT2D eigenvalue weighted by atomic mass is 10.2. The van der Waals surface area contributed by atoms with Crippen molar-refractivity contribution in [3.05, 3.63) is 86.8 Å². The highest BCUT2D eigenvalue weighted by Gasteiger charge is 2.10. The summed E-state index contributed by atoms with van der Waals surface area (Å²) in [4.78, 5) is 16.5. The third kappa shape index (κ3) is 3.91. The molecule has 1 heterocycles. The Morgan fingerprint density at radius 3 is 2.60 bits per heavy atom. The topological polar surface area (TPSA) is 46.9 Å². The zero-order valence-electron chi connectivity index (χ0n) is 14.3. The van der Waals surface area contributed by atoms with Gasteiger partial charge in [0.2, 0.25) is 5.95 Å². The molecule has 0 aliphatic heterocycles. The Balaban J connectivity index is 2.03. The summed E-state index contributed by atoms with van der Waals surface area (Å²) in [7, 11) is 0. The summed E-state index contributed by atoms with van der Waals surface area (Å²) in [6.45, 7) is 4.52. The minimum Gasteiger partial charge on any atom is -0.325 e. The van der Waals surface area contributed by atoms with Crippen molar-refractivity contribution in [2.24, 2.45) is 0 Å². The molecule has 1 aromatic heterocycles. The Labute approximate surface area is 152 Å². The molecule has 0 fully saturated rings. The highest BCUT2D eigenvalue weighted by atomic mass is 35.5. The summed E-state index contributed by atoms with van der Waals surface area (Å²) in [6.07, 6.45) is 2.53. The SMILES string of the molecule is CCc1cn(Cc2ccccc2)c(Nc2cccc(Cl)c2C)nc1=O. The number of benzene rings is 2. The molecule has 1 N–H and O–H groups in total. The molecule has 5 heteroatoms. The summed E-state index contributed by atoms with van der Waals surface area (Å²) in [5, 5.41) is 3.93. The second-order valence-electron chi connectivity index (χ2n) is 5.90. The first-order chi connectivity index (χ1) is 12.1. The first-order valence-electron chi connectivity index (χ1n) is 8.25. The molecule has 0 saturated carbocycles. The van der Waals surface area contributed by atoms with Crippen LogP contribution in [0.3, 0.4) is 0 Å². The molecule has 2 aromatic carbocycles. The van der Waals surface area contributed by atoms with Gasteiger partial charge in [0.1, 0.15) is 0 Å². The molecule has 3 aromatic rings. The van der Waals surface area contributed by atoms with Gasteiger partial charge in [-0.2, -0.15) is 4.98 Å². The molecule has 25 heavy (non-hydrogen) atoms. The van der Waals surface area contributed by atoms with Crippen molar-refractivity contribution in [2.45, 2.75) is 26.8 Å². The molecule has 128 valence electrons. The second-order valence-corrected chi connectivity index (χ2v) is 6.31. The van der Waals surface area contributed by atoms with E-state index in [1.54, 1.807) is 0 Å². The molecule has 0 radical (unpaired) electrons. The van der Waals surface area contributed by atoms with Gasteiger partial charge in [0.25, 0.3) is 5.56 Å². The maximum absolute atomic E-state index is 12.2. The fourth-order valence-electron chi connectivity index (χ4n) is 2.64. The van der Waals surface area contributed by atoms with Crippen LogP contribution >= 0.6 is 11.6 Å². The van der Waals surface area contributed by atoms with E-state index in [-0.39, 0.29) is 5.56 Å². The van der Waals surface area contributed by atoms with Gasteiger partial charge >= 0.3 is 0 Å². The molecule has 0 bridgehead atoms. The van der Waals surface area contributed by atoms with E-state index in [0.29, 0.717) is 29.5 Å². The Kier molecular flexibility index (Phi) is 5.19. The average molecular weight is 354 g/mol. The lowest BCUT2D eigenvalue weighted by Crippen LogP contribution is -2.20. The molecule has 3 rings (SSSR count). The largest absolute Gasteiger partial charge is 0.325 e. The van der Waals surface area contributed by atoms with Crippen molar-refractivity contribution in [3.63, 3.8) is 0 Å². The maximum atomic E-state index is 12.2. The lowest BCUT2D eigenvalue weighted by Gasteiger charge is -2.17. The normalized spacial score (nSPS) is 10.7. The molecule has 0 unspecified atom stereocenters. The van der Waals surface area contributed by atoms with Crippen LogP contribution in [0.15, 0.2) is 59.5 Å². The number of nitrogens with zero attached hydrogens (tertiary/aromatic N) is 2. The summed E-state index contributed by atoms with van der Waals surface area (Å²) in [5.41, 5.74) is 3.40. The Morgan fingerprint density at radius 2 is 1.88 bits per heavy atom. The van der Waals surface area contributed by atoms with Crippen LogP contribution in [0.5, 0.6) is 0 Å². The standard InChI is InChI=1S/C20H20ClN3O/c1-3-16-13-24(12-15-8-5-4-6-9-15)20(23-19(16)25)22-18-11-7-10-17(21)14(18)2/h4-11,13H,3,12H2,1-2H3,(H,22,23,25). The smallest absolute Gasteiger partial charge is 0.277 e. The molecular weight excluding hydrogens is 334 g/mol. The van der Waals surface area contributed by atoms with E-state index in [4.69, 9.17) is 11.6 Å². The van der Waals surface area contributed by atoms with Gasteiger partial charge < -0.3 is 9.88 Å². The van der Waals surface area contributed by atoms with Gasteiger partial charge in [-0.05, 0) is 36.6 Å². The third-order valence-electron chi connectivity index (χ3n) is 4.16. The van der Waals surface area contributed by atoms with Crippen molar-refractivity contribution in [1.82, 2.24) is 9.55 Å². The zero-order valence-corrected chi connectivity index (χ0v) is 15.0. The molecule has 0 saturated heterocycles. The van der Waals surface area contributed by atoms with Crippen LogP contribution in [0.2, 0.25) is 5.02 Å². The lowest BCUT2D eigenvalue weighted by molar-refractivity contribution is 0.758. The highest BCUT2D eigenvalue weighted by Crippen LogP contribution is 2.25. The average Bonchev–Trinajstić information content (AvgIpc) is 2.62. The van der Waals surface area contributed by atoms with E-state index in [1.165, 1.54) is 0 Å². The fraction of sp³-hybridized carbons (Fsp3) is 0.200. The van der Waals surface area contributed by atoms with Gasteiger partial charge in [-0.25, -0.2) is 0 Å². The molecule has 0 atom stereocenters. The van der Waals surface area contributed by atoms with Crippen LogP contribution in [0, 0.1) is 6.92 Å². The summed E-state index contributed by atoms with van der Waals surface area (Å²) in [5.74, 6) is 0.511. The number of aryl methyl sites for hydroxylation is 1. The van der Waals surface area contributed by atoms with Gasteiger partial charge in [-0.15, -0.1) is 0 Å². The first-order valence-corrected chi connectivity index (χ1v) is 8.62. The van der Waals surface area contributed by atoms with Crippen molar-refractivity contribution in [2.75, 3.05) is 5.32 Å². The number of nitrogens with one attached hydrogen (secondary N) is 1. The Bertz CT molecular complexity index is 935. The van der Waals surface area contributed by atoms with Gasteiger partial charge in [0, 0.05) is 22.5 Å². The van der Waals surface area contributed by atoms with E-state index in [9.17, 15) is 4.79 Å². The number of rotatable bonds is 5. The maximum Gasteiger partial charge on any atom is 0.277 e. The fourth-order valence-corrected chi connectivity index (χ4v) is 2.82. The van der Waals surface area contributed by atoms with E-state index in [2.05, 4.69) is 22.4 Å². The Hall–Kier alpha value is -2.59. The monoisotopic (exact) mass is 353 g/mol. The number of halogens is 1. The van der Waals surface area contributed by atoms with E-state index < -0.39 is 0 Å². The van der Waals surface area contributed by atoms with Gasteiger partial charge in [-0.3, -0.25) is 4.79 Å². The quantitative estimate of drug-likeness (QED) is 0.731. The summed E-state index contributed by atoms with van der Waals surface area (Å²) >= 11 is 6.20. The van der Waals surface area contributed by atoms with Crippen LogP contribution in [-0.4, -0.2) is 9.55 Å². The highest BCUT2D eigenvalue weighted by molar-refractivity contribution is 6.31. The van der Waals surface area contributed by atoms with Gasteiger partial charge in [0.15, 0.2) is 0 Å². The van der Waals surface area contributed by atoms with Crippen molar-refractivity contribution in [3.8, 4) is 0 Å². The number of aromatic nitrogens is 2. The predicted molar refractivity (Wildman–Crippen MR) is 103 cm³/mol. The zero-order chi connectivity index (χ0) is 17.8. The van der Waals surface area contributed by atoms with Crippen LogP contribution in [0.25, 0.3) is 0 Å². The Morgan fingerprint density at radius 1 is 1.12 bits per heavy atom. The van der Waals surface area contributed by atoms with E-state index >= 15 is 0 Å². The molecule has 0 aliphatic carbocycles. The van der Waals surface area contributed by atoms with Crippen LogP contribution in [-0.2, 0) is 13.0 Å². The molecule has 0 aliphatic rings. The molecular formula is C20H20ClN3O. The van der Waals surface area contributed by atoms with Crippen LogP contribution < -0.4 is 10.9 Å². The molecule has 0 spiro atoms. The van der Waals surface area contributed by atoms with Crippen LogP contribution in [0.1, 0.15) is 23.6 Å². The third-order valence-corrected chi connectivity index (χ3v) is 4.57. The number of hydrogen-bond acceptors (Lipinski definition) is 3. The number of hydrogen-bond donors (Lipinski definition) is 1. The van der Waals surface area contributed by atoms with Crippen molar-refractivity contribution < 1.29 is 0 Å². The van der Waals surface area contributed by atoms with Crippen molar-refractivity contribution >= 4 is 23.2 Å². The van der Waals surface area contributed by atoms with E-state index in [1.807, 2.05) is 61.0 Å². The summed E-state index contributed by atoms with van der Waals surface area (Å²) in [6, 6.07) is 15.7. The number of anilines is 2. The van der Waals surface area contributed by atoms with E-state index in [0.717, 1.165) is 16.8 Å².